The predicted octanol–water partition coefficient (Wildman–Crippen LogP) is 2.57. The summed E-state index contributed by atoms with van der Waals surface area (Å²) < 4.78 is 0. The standard InChI is InChI=1S/C15H19NO2/c1-10-5-6-14(17)13(7-10)15(18)16-8-11-3-2-4-12(11)9-16/h5-7,11-12,17H,2-4,8-9H2,1H3. The number of phenolic OH excluding ortho intramolecular Hbond substituents is 1. The van der Waals surface area contributed by atoms with Crippen molar-refractivity contribution in [3.63, 3.8) is 0 Å². The van der Waals surface area contributed by atoms with E-state index in [-0.39, 0.29) is 11.7 Å². The number of carbonyl (C=O) groups excluding carboxylic acids is 1. The van der Waals surface area contributed by atoms with Crippen molar-refractivity contribution in [1.29, 1.82) is 0 Å². The zero-order valence-electron chi connectivity index (χ0n) is 10.7. The maximum atomic E-state index is 12.4. The first-order valence-corrected chi connectivity index (χ1v) is 6.74. The van der Waals surface area contributed by atoms with E-state index >= 15 is 0 Å². The van der Waals surface area contributed by atoms with Gasteiger partial charge in [0, 0.05) is 13.1 Å². The molecule has 2 unspecified atom stereocenters. The lowest BCUT2D eigenvalue weighted by atomic mass is 10.0. The summed E-state index contributed by atoms with van der Waals surface area (Å²) in [6.45, 7) is 3.68. The van der Waals surface area contributed by atoms with Crippen molar-refractivity contribution in [2.24, 2.45) is 11.8 Å². The summed E-state index contributed by atoms with van der Waals surface area (Å²) in [5, 5.41) is 9.82. The molecule has 2 fully saturated rings. The normalized spacial score (nSPS) is 26.4. The Labute approximate surface area is 107 Å². The average molecular weight is 245 g/mol. The van der Waals surface area contributed by atoms with Gasteiger partial charge in [0.05, 0.1) is 5.56 Å². The van der Waals surface area contributed by atoms with Gasteiger partial charge in [-0.3, -0.25) is 4.79 Å². The van der Waals surface area contributed by atoms with Crippen molar-refractivity contribution in [1.82, 2.24) is 4.90 Å². The molecule has 1 aromatic rings. The van der Waals surface area contributed by atoms with Gasteiger partial charge in [-0.05, 0) is 43.7 Å². The summed E-state index contributed by atoms with van der Waals surface area (Å²) in [6, 6.07) is 5.22. The fourth-order valence-corrected chi connectivity index (χ4v) is 3.39. The van der Waals surface area contributed by atoms with Gasteiger partial charge in [0.2, 0.25) is 0 Å². The van der Waals surface area contributed by atoms with Gasteiger partial charge in [-0.2, -0.15) is 0 Å². The molecular weight excluding hydrogens is 226 g/mol. The Balaban J connectivity index is 1.81. The van der Waals surface area contributed by atoms with Crippen LogP contribution in [0.4, 0.5) is 0 Å². The Morgan fingerprint density at radius 3 is 2.61 bits per heavy atom. The van der Waals surface area contributed by atoms with Crippen molar-refractivity contribution in [3.8, 4) is 5.75 Å². The average Bonchev–Trinajstić information content (AvgIpc) is 2.91. The predicted molar refractivity (Wildman–Crippen MR) is 69.6 cm³/mol. The molecule has 1 N–H and O–H groups in total. The van der Waals surface area contributed by atoms with Crippen molar-refractivity contribution in [2.45, 2.75) is 26.2 Å². The Bertz CT molecular complexity index is 471. The monoisotopic (exact) mass is 245 g/mol. The highest BCUT2D eigenvalue weighted by atomic mass is 16.3. The highest BCUT2D eigenvalue weighted by Gasteiger charge is 2.38. The first-order chi connectivity index (χ1) is 8.65. The summed E-state index contributed by atoms with van der Waals surface area (Å²) in [5.74, 6) is 1.48. The minimum Gasteiger partial charge on any atom is -0.507 e. The lowest BCUT2D eigenvalue weighted by Gasteiger charge is -2.18. The molecule has 1 aromatic carbocycles. The summed E-state index contributed by atoms with van der Waals surface area (Å²) in [4.78, 5) is 14.3. The van der Waals surface area contributed by atoms with Crippen LogP contribution in [0.25, 0.3) is 0 Å². The maximum Gasteiger partial charge on any atom is 0.257 e. The van der Waals surface area contributed by atoms with Crippen LogP contribution in [0.3, 0.4) is 0 Å². The van der Waals surface area contributed by atoms with E-state index in [1.165, 1.54) is 19.3 Å². The smallest absolute Gasteiger partial charge is 0.257 e. The molecule has 3 rings (SSSR count). The summed E-state index contributed by atoms with van der Waals surface area (Å²) in [6.07, 6.45) is 3.83. The van der Waals surface area contributed by atoms with Crippen LogP contribution in [0, 0.1) is 18.8 Å². The highest BCUT2D eigenvalue weighted by molar-refractivity contribution is 5.97. The number of hydrogen-bond donors (Lipinski definition) is 1. The van der Waals surface area contributed by atoms with Crippen LogP contribution < -0.4 is 0 Å². The third kappa shape index (κ3) is 1.88. The molecule has 2 aliphatic rings. The Morgan fingerprint density at radius 1 is 1.28 bits per heavy atom. The highest BCUT2D eigenvalue weighted by Crippen LogP contribution is 2.38. The number of amides is 1. The van der Waals surface area contributed by atoms with E-state index in [4.69, 9.17) is 0 Å². The second-order valence-corrected chi connectivity index (χ2v) is 5.68. The van der Waals surface area contributed by atoms with E-state index in [9.17, 15) is 9.90 Å². The molecule has 1 amide bonds. The molecule has 3 heteroatoms. The van der Waals surface area contributed by atoms with Crippen LogP contribution >= 0.6 is 0 Å². The molecule has 1 aliphatic carbocycles. The Kier molecular flexibility index (Phi) is 2.77. The van der Waals surface area contributed by atoms with Gasteiger partial charge in [-0.1, -0.05) is 18.1 Å². The van der Waals surface area contributed by atoms with E-state index in [0.29, 0.717) is 17.4 Å². The minimum atomic E-state index is -0.00870. The van der Waals surface area contributed by atoms with Crippen LogP contribution in [-0.4, -0.2) is 29.0 Å². The Morgan fingerprint density at radius 2 is 1.94 bits per heavy atom. The molecule has 3 nitrogen and oxygen atoms in total. The molecule has 0 spiro atoms. The number of carbonyl (C=O) groups is 1. The van der Waals surface area contributed by atoms with Gasteiger partial charge >= 0.3 is 0 Å². The molecular formula is C15H19NO2. The van der Waals surface area contributed by atoms with Gasteiger partial charge in [0.1, 0.15) is 5.75 Å². The quantitative estimate of drug-likeness (QED) is 0.826. The number of likely N-dealkylation sites (tertiary alicyclic amines) is 1. The SMILES string of the molecule is Cc1ccc(O)c(C(=O)N2CC3CCCC3C2)c1. The van der Waals surface area contributed by atoms with Crippen LogP contribution in [0.15, 0.2) is 18.2 Å². The van der Waals surface area contributed by atoms with Crippen molar-refractivity contribution in [3.05, 3.63) is 29.3 Å². The summed E-state index contributed by atoms with van der Waals surface area (Å²) >= 11 is 0. The number of rotatable bonds is 1. The lowest BCUT2D eigenvalue weighted by molar-refractivity contribution is 0.0777. The number of fused-ring (bicyclic) bond motifs is 1. The van der Waals surface area contributed by atoms with E-state index in [1.54, 1.807) is 12.1 Å². The number of aryl methyl sites for hydroxylation is 1. The van der Waals surface area contributed by atoms with Gasteiger partial charge in [0.15, 0.2) is 0 Å². The van der Waals surface area contributed by atoms with Gasteiger partial charge in [-0.15, -0.1) is 0 Å². The second-order valence-electron chi connectivity index (χ2n) is 5.68. The molecule has 1 saturated heterocycles. The second kappa shape index (κ2) is 4.30. The summed E-state index contributed by atoms with van der Waals surface area (Å²) in [7, 11) is 0. The first kappa shape index (κ1) is 11.6. The molecule has 0 aromatic heterocycles. The maximum absolute atomic E-state index is 12.4. The lowest BCUT2D eigenvalue weighted by Crippen LogP contribution is -2.29. The topological polar surface area (TPSA) is 40.5 Å². The zero-order chi connectivity index (χ0) is 12.7. The third-order valence-electron chi connectivity index (χ3n) is 4.40. The molecule has 2 atom stereocenters. The van der Waals surface area contributed by atoms with Gasteiger partial charge in [0.25, 0.3) is 5.91 Å². The van der Waals surface area contributed by atoms with Gasteiger partial charge < -0.3 is 10.0 Å². The number of benzene rings is 1. The van der Waals surface area contributed by atoms with Crippen LogP contribution in [-0.2, 0) is 0 Å². The molecule has 1 aliphatic heterocycles. The fourth-order valence-electron chi connectivity index (χ4n) is 3.39. The zero-order valence-corrected chi connectivity index (χ0v) is 10.7. The molecule has 0 radical (unpaired) electrons. The van der Waals surface area contributed by atoms with E-state index < -0.39 is 0 Å². The van der Waals surface area contributed by atoms with Crippen molar-refractivity contribution >= 4 is 5.91 Å². The molecule has 1 saturated carbocycles. The summed E-state index contributed by atoms with van der Waals surface area (Å²) in [5.41, 5.74) is 1.46. The number of aromatic hydroxyl groups is 1. The van der Waals surface area contributed by atoms with Crippen LogP contribution in [0.2, 0.25) is 0 Å². The number of phenols is 1. The minimum absolute atomic E-state index is 0.00870. The van der Waals surface area contributed by atoms with E-state index in [1.807, 2.05) is 17.9 Å². The van der Waals surface area contributed by atoms with Crippen molar-refractivity contribution in [2.75, 3.05) is 13.1 Å². The molecule has 1 heterocycles. The Hall–Kier alpha value is -1.51. The van der Waals surface area contributed by atoms with E-state index in [0.717, 1.165) is 18.7 Å². The number of nitrogens with zero attached hydrogens (tertiary/aromatic N) is 1. The number of hydrogen-bond acceptors (Lipinski definition) is 2. The van der Waals surface area contributed by atoms with E-state index in [2.05, 4.69) is 0 Å². The third-order valence-corrected chi connectivity index (χ3v) is 4.40. The largest absolute Gasteiger partial charge is 0.507 e. The molecule has 18 heavy (non-hydrogen) atoms. The van der Waals surface area contributed by atoms with Gasteiger partial charge in [-0.25, -0.2) is 0 Å². The molecule has 96 valence electrons. The van der Waals surface area contributed by atoms with Crippen LogP contribution in [0.5, 0.6) is 5.75 Å². The first-order valence-electron chi connectivity index (χ1n) is 6.74. The van der Waals surface area contributed by atoms with Crippen LogP contribution in [0.1, 0.15) is 35.2 Å². The molecule has 0 bridgehead atoms. The fraction of sp³-hybridized carbons (Fsp3) is 0.533. The van der Waals surface area contributed by atoms with Crippen molar-refractivity contribution < 1.29 is 9.90 Å².